The second-order valence-corrected chi connectivity index (χ2v) is 4.84. The second kappa shape index (κ2) is 5.24. The number of carbonyl (C=O) groups excluding carboxylic acids is 1. The smallest absolute Gasteiger partial charge is 0.267 e. The molecule has 0 unspecified atom stereocenters. The maximum Gasteiger partial charge on any atom is 0.267 e. The van der Waals surface area contributed by atoms with Gasteiger partial charge in [-0.1, -0.05) is 22.9 Å². The van der Waals surface area contributed by atoms with Crippen LogP contribution in [0.2, 0.25) is 5.02 Å². The Labute approximate surface area is 113 Å². The molecule has 1 heterocycles. The lowest BCUT2D eigenvalue weighted by Crippen LogP contribution is -2.10. The molecule has 0 aliphatic rings. The normalized spacial score (nSPS) is 10.1. The lowest BCUT2D eigenvalue weighted by molar-refractivity contribution is 0.103. The number of amides is 1. The number of nitrogens with one attached hydrogen (secondary N) is 1. The summed E-state index contributed by atoms with van der Waals surface area (Å²) in [5, 5.41) is 3.48. The predicted octanol–water partition coefficient (Wildman–Crippen LogP) is 2.64. The zero-order valence-corrected chi connectivity index (χ0v) is 11.0. The molecule has 94 valence electrons. The Balaban J connectivity index is 2.14. The van der Waals surface area contributed by atoms with E-state index >= 15 is 0 Å². The number of nitrogen functional groups attached to an aromatic ring is 1. The van der Waals surface area contributed by atoms with Crippen molar-refractivity contribution in [2.45, 2.75) is 0 Å². The molecule has 1 aromatic heterocycles. The fourth-order valence-corrected chi connectivity index (χ4v) is 2.17. The molecule has 0 spiro atoms. The monoisotopic (exact) mass is 283 g/mol. The van der Waals surface area contributed by atoms with Gasteiger partial charge in [-0.25, -0.2) is 4.98 Å². The second-order valence-electron chi connectivity index (χ2n) is 3.37. The SMILES string of the molecule is COc1ccc(NC(=O)c2cnc(N)s2)cc1Cl. The molecule has 0 atom stereocenters. The van der Waals surface area contributed by atoms with Crippen LogP contribution in [0, 0.1) is 0 Å². The summed E-state index contributed by atoms with van der Waals surface area (Å²) < 4.78 is 5.02. The van der Waals surface area contributed by atoms with Crippen LogP contribution >= 0.6 is 22.9 Å². The van der Waals surface area contributed by atoms with Gasteiger partial charge in [-0.3, -0.25) is 4.79 Å². The number of aromatic nitrogens is 1. The maximum atomic E-state index is 11.8. The first kappa shape index (κ1) is 12.7. The molecule has 3 N–H and O–H groups in total. The Hall–Kier alpha value is -1.79. The zero-order chi connectivity index (χ0) is 13.1. The highest BCUT2D eigenvalue weighted by molar-refractivity contribution is 7.17. The van der Waals surface area contributed by atoms with E-state index in [2.05, 4.69) is 10.3 Å². The summed E-state index contributed by atoms with van der Waals surface area (Å²) in [4.78, 5) is 16.1. The van der Waals surface area contributed by atoms with E-state index in [0.29, 0.717) is 26.5 Å². The highest BCUT2D eigenvalue weighted by Gasteiger charge is 2.10. The van der Waals surface area contributed by atoms with Gasteiger partial charge >= 0.3 is 0 Å². The lowest BCUT2D eigenvalue weighted by Gasteiger charge is -2.06. The van der Waals surface area contributed by atoms with E-state index in [1.807, 2.05) is 0 Å². The van der Waals surface area contributed by atoms with E-state index in [4.69, 9.17) is 22.1 Å². The van der Waals surface area contributed by atoms with Gasteiger partial charge < -0.3 is 15.8 Å². The number of halogens is 1. The van der Waals surface area contributed by atoms with Crippen LogP contribution in [-0.4, -0.2) is 18.0 Å². The largest absolute Gasteiger partial charge is 0.495 e. The molecule has 1 aromatic carbocycles. The van der Waals surface area contributed by atoms with Crippen LogP contribution in [0.1, 0.15) is 9.67 Å². The molecular formula is C11H10ClN3O2S. The number of methoxy groups -OCH3 is 1. The first-order chi connectivity index (χ1) is 8.60. The Morgan fingerprint density at radius 3 is 2.89 bits per heavy atom. The average molecular weight is 284 g/mol. The summed E-state index contributed by atoms with van der Waals surface area (Å²) in [6.45, 7) is 0. The molecule has 5 nitrogen and oxygen atoms in total. The number of thiazole rings is 1. The molecule has 0 aliphatic heterocycles. The first-order valence-electron chi connectivity index (χ1n) is 4.96. The molecule has 0 aliphatic carbocycles. The van der Waals surface area contributed by atoms with Crippen molar-refractivity contribution >= 4 is 39.7 Å². The summed E-state index contributed by atoms with van der Waals surface area (Å²) in [7, 11) is 1.53. The average Bonchev–Trinajstić information content (AvgIpc) is 2.76. The minimum Gasteiger partial charge on any atom is -0.495 e. The number of carbonyl (C=O) groups is 1. The van der Waals surface area contributed by atoms with Crippen molar-refractivity contribution in [3.63, 3.8) is 0 Å². The van der Waals surface area contributed by atoms with Gasteiger partial charge in [-0.05, 0) is 18.2 Å². The summed E-state index contributed by atoms with van der Waals surface area (Å²) in [6.07, 6.45) is 1.43. The van der Waals surface area contributed by atoms with Gasteiger partial charge in [0.2, 0.25) is 0 Å². The van der Waals surface area contributed by atoms with Gasteiger partial charge in [-0.15, -0.1) is 0 Å². The molecule has 18 heavy (non-hydrogen) atoms. The zero-order valence-electron chi connectivity index (χ0n) is 9.44. The number of benzene rings is 1. The van der Waals surface area contributed by atoms with E-state index in [1.165, 1.54) is 13.3 Å². The Morgan fingerprint density at radius 2 is 2.33 bits per heavy atom. The van der Waals surface area contributed by atoms with E-state index < -0.39 is 0 Å². The van der Waals surface area contributed by atoms with Crippen LogP contribution in [0.25, 0.3) is 0 Å². The Morgan fingerprint density at radius 1 is 1.56 bits per heavy atom. The standard InChI is InChI=1S/C11H10ClN3O2S/c1-17-8-3-2-6(4-7(8)12)15-10(16)9-5-14-11(13)18-9/h2-5H,1H3,(H2,13,14)(H,15,16). The molecule has 1 amide bonds. The summed E-state index contributed by atoms with van der Waals surface area (Å²) in [5.41, 5.74) is 6.04. The van der Waals surface area contributed by atoms with Crippen LogP contribution in [0.15, 0.2) is 24.4 Å². The van der Waals surface area contributed by atoms with E-state index in [9.17, 15) is 4.79 Å². The Kier molecular flexibility index (Phi) is 3.69. The molecule has 0 fully saturated rings. The fraction of sp³-hybridized carbons (Fsp3) is 0.0909. The Bertz CT molecular complexity index is 585. The van der Waals surface area contributed by atoms with Gasteiger partial charge in [0, 0.05) is 5.69 Å². The van der Waals surface area contributed by atoms with Crippen molar-refractivity contribution in [2.24, 2.45) is 0 Å². The molecule has 2 aromatic rings. The van der Waals surface area contributed by atoms with Crippen molar-refractivity contribution < 1.29 is 9.53 Å². The van der Waals surface area contributed by atoms with Crippen LogP contribution in [0.4, 0.5) is 10.8 Å². The fourth-order valence-electron chi connectivity index (χ4n) is 1.33. The van der Waals surface area contributed by atoms with Crippen molar-refractivity contribution in [1.29, 1.82) is 0 Å². The maximum absolute atomic E-state index is 11.8. The third-order valence-electron chi connectivity index (χ3n) is 2.16. The highest BCUT2D eigenvalue weighted by atomic mass is 35.5. The summed E-state index contributed by atoms with van der Waals surface area (Å²) in [5.74, 6) is 0.280. The predicted molar refractivity (Wildman–Crippen MR) is 72.5 cm³/mol. The quantitative estimate of drug-likeness (QED) is 0.908. The molecule has 2 rings (SSSR count). The van der Waals surface area contributed by atoms with Crippen LogP contribution < -0.4 is 15.8 Å². The van der Waals surface area contributed by atoms with E-state index in [0.717, 1.165) is 11.3 Å². The number of nitrogens with zero attached hydrogens (tertiary/aromatic N) is 1. The lowest BCUT2D eigenvalue weighted by atomic mass is 10.3. The number of hydrogen-bond donors (Lipinski definition) is 2. The first-order valence-corrected chi connectivity index (χ1v) is 6.16. The minimum atomic E-state index is -0.273. The summed E-state index contributed by atoms with van der Waals surface area (Å²) in [6, 6.07) is 4.99. The van der Waals surface area contributed by atoms with Crippen LogP contribution in [0.5, 0.6) is 5.75 Å². The minimum absolute atomic E-state index is 0.273. The number of hydrogen-bond acceptors (Lipinski definition) is 5. The van der Waals surface area contributed by atoms with Crippen molar-refractivity contribution in [2.75, 3.05) is 18.2 Å². The van der Waals surface area contributed by atoms with E-state index in [1.54, 1.807) is 18.2 Å². The van der Waals surface area contributed by atoms with Crippen molar-refractivity contribution in [1.82, 2.24) is 4.98 Å². The topological polar surface area (TPSA) is 77.2 Å². The van der Waals surface area contributed by atoms with Gasteiger partial charge in [-0.2, -0.15) is 0 Å². The number of nitrogens with two attached hydrogens (primary N) is 1. The van der Waals surface area contributed by atoms with Crippen LogP contribution in [0.3, 0.4) is 0 Å². The van der Waals surface area contributed by atoms with Gasteiger partial charge in [0.25, 0.3) is 5.91 Å². The molecule has 0 radical (unpaired) electrons. The molecule has 7 heteroatoms. The molecule has 0 bridgehead atoms. The third kappa shape index (κ3) is 2.72. The number of ether oxygens (including phenoxy) is 1. The van der Waals surface area contributed by atoms with Gasteiger partial charge in [0.1, 0.15) is 10.6 Å². The van der Waals surface area contributed by atoms with E-state index in [-0.39, 0.29) is 5.91 Å². The number of anilines is 2. The number of rotatable bonds is 3. The van der Waals surface area contributed by atoms with Crippen LogP contribution in [-0.2, 0) is 0 Å². The summed E-state index contributed by atoms with van der Waals surface area (Å²) >= 11 is 7.08. The van der Waals surface area contributed by atoms with Gasteiger partial charge in [0.15, 0.2) is 5.13 Å². The van der Waals surface area contributed by atoms with Crippen molar-refractivity contribution in [3.05, 3.63) is 34.3 Å². The highest BCUT2D eigenvalue weighted by Crippen LogP contribution is 2.27. The third-order valence-corrected chi connectivity index (χ3v) is 3.28. The van der Waals surface area contributed by atoms with Gasteiger partial charge in [0.05, 0.1) is 18.3 Å². The van der Waals surface area contributed by atoms with Crippen molar-refractivity contribution in [3.8, 4) is 5.75 Å². The molecular weight excluding hydrogens is 274 g/mol. The molecule has 0 saturated heterocycles. The molecule has 0 saturated carbocycles.